The summed E-state index contributed by atoms with van der Waals surface area (Å²) in [6.07, 6.45) is 1.76. The van der Waals surface area contributed by atoms with Crippen LogP contribution in [-0.4, -0.2) is 25.6 Å². The lowest BCUT2D eigenvalue weighted by Crippen LogP contribution is -2.20. The number of carbonyl (C=O) groups excluding carboxylic acids is 1. The molecular weight excluding hydrogens is 390 g/mol. The van der Waals surface area contributed by atoms with Crippen LogP contribution in [-0.2, 0) is 0 Å². The number of aromatic amines is 1. The highest BCUT2D eigenvalue weighted by atomic mass is 32.1. The summed E-state index contributed by atoms with van der Waals surface area (Å²) in [5.41, 5.74) is 8.38. The fourth-order valence-corrected chi connectivity index (χ4v) is 3.36. The van der Waals surface area contributed by atoms with Crippen molar-refractivity contribution in [3.05, 3.63) is 77.2 Å². The normalized spacial score (nSPS) is 10.7. The van der Waals surface area contributed by atoms with Crippen molar-refractivity contribution in [2.24, 2.45) is 5.73 Å². The van der Waals surface area contributed by atoms with Gasteiger partial charge in [0.15, 0.2) is 15.5 Å². The molecule has 0 aliphatic heterocycles. The van der Waals surface area contributed by atoms with Crippen molar-refractivity contribution in [1.29, 1.82) is 0 Å². The van der Waals surface area contributed by atoms with E-state index in [2.05, 4.69) is 15.3 Å². The number of hydrogen-bond acceptors (Lipinski definition) is 4. The zero-order valence-corrected chi connectivity index (χ0v) is 16.2. The molecule has 0 fully saturated rings. The van der Waals surface area contributed by atoms with E-state index < -0.39 is 0 Å². The fraction of sp³-hybridized carbons (Fsp3) is 0. The third kappa shape index (κ3) is 3.30. The summed E-state index contributed by atoms with van der Waals surface area (Å²) in [4.78, 5) is 20.6. The third-order valence-corrected chi connectivity index (χ3v) is 4.54. The second-order valence-electron chi connectivity index (χ2n) is 6.05. The van der Waals surface area contributed by atoms with Crippen molar-refractivity contribution in [1.82, 2.24) is 14.5 Å². The molecule has 0 aliphatic rings. The number of thiocarbonyl (C=S) groups is 1. The SMILES string of the molecule is NC(=S)Nc1[nH]c(=S)nc2c1c(-c1ccccc1)cn2C(=O)c1ccccc1. The number of carbonyl (C=O) groups is 1. The first-order valence-corrected chi connectivity index (χ1v) is 9.23. The predicted octanol–water partition coefficient (Wildman–Crippen LogP) is 4.10. The molecular formula is C20H15N5OS2. The van der Waals surface area contributed by atoms with Gasteiger partial charge in [0.2, 0.25) is 0 Å². The highest BCUT2D eigenvalue weighted by molar-refractivity contribution is 7.80. The Balaban J connectivity index is 2.04. The van der Waals surface area contributed by atoms with Gasteiger partial charge in [0.05, 0.1) is 5.39 Å². The van der Waals surface area contributed by atoms with Crippen molar-refractivity contribution >= 4 is 52.3 Å². The molecule has 0 saturated carbocycles. The summed E-state index contributed by atoms with van der Waals surface area (Å²) >= 11 is 10.3. The first-order chi connectivity index (χ1) is 13.5. The van der Waals surface area contributed by atoms with Crippen LogP contribution in [0.3, 0.4) is 0 Å². The molecule has 0 amide bonds. The number of hydrogen-bond donors (Lipinski definition) is 3. The van der Waals surface area contributed by atoms with E-state index in [4.69, 9.17) is 30.2 Å². The summed E-state index contributed by atoms with van der Waals surface area (Å²) in [6.45, 7) is 0. The summed E-state index contributed by atoms with van der Waals surface area (Å²) in [7, 11) is 0. The van der Waals surface area contributed by atoms with Gasteiger partial charge in [0.25, 0.3) is 5.91 Å². The maximum absolute atomic E-state index is 13.2. The molecule has 0 aliphatic carbocycles. The predicted molar refractivity (Wildman–Crippen MR) is 117 cm³/mol. The molecule has 28 heavy (non-hydrogen) atoms. The first-order valence-electron chi connectivity index (χ1n) is 8.41. The van der Waals surface area contributed by atoms with E-state index >= 15 is 0 Å². The Bertz CT molecular complexity index is 1250. The molecule has 0 atom stereocenters. The molecule has 0 saturated heterocycles. The molecule has 8 heteroatoms. The average molecular weight is 406 g/mol. The maximum atomic E-state index is 13.2. The minimum absolute atomic E-state index is 0.0827. The van der Waals surface area contributed by atoms with E-state index in [0.717, 1.165) is 11.1 Å². The van der Waals surface area contributed by atoms with Gasteiger partial charge in [-0.1, -0.05) is 48.5 Å². The van der Waals surface area contributed by atoms with Crippen LogP contribution in [0.5, 0.6) is 0 Å². The maximum Gasteiger partial charge on any atom is 0.263 e. The molecule has 138 valence electrons. The number of fused-ring (bicyclic) bond motifs is 1. The van der Waals surface area contributed by atoms with E-state index in [-0.39, 0.29) is 15.8 Å². The van der Waals surface area contributed by atoms with E-state index in [1.807, 2.05) is 48.5 Å². The quantitative estimate of drug-likeness (QED) is 0.445. The molecule has 4 N–H and O–H groups in total. The fourth-order valence-electron chi connectivity index (χ4n) is 3.07. The Morgan fingerprint density at radius 2 is 1.71 bits per heavy atom. The average Bonchev–Trinajstić information content (AvgIpc) is 3.08. The Hall–Kier alpha value is -3.36. The van der Waals surface area contributed by atoms with Gasteiger partial charge in [-0.3, -0.25) is 9.36 Å². The Morgan fingerprint density at radius 1 is 1.07 bits per heavy atom. The van der Waals surface area contributed by atoms with Crippen molar-refractivity contribution in [2.45, 2.75) is 0 Å². The number of benzene rings is 2. The second kappa shape index (κ2) is 7.34. The van der Waals surface area contributed by atoms with E-state index in [9.17, 15) is 4.79 Å². The standard InChI is InChI=1S/C20H15N5OS2/c21-19(27)22-16-15-14(12-7-3-1-4-8-12)11-25(17(15)24-20(28)23-16)18(26)13-9-5-2-6-10-13/h1-11H,(H4,21,22,23,24,27,28). The van der Waals surface area contributed by atoms with E-state index in [0.29, 0.717) is 22.4 Å². The first kappa shape index (κ1) is 18.0. The van der Waals surface area contributed by atoms with Crippen LogP contribution in [0.15, 0.2) is 66.9 Å². The zero-order chi connectivity index (χ0) is 19.7. The number of nitrogens with one attached hydrogen (secondary N) is 2. The van der Waals surface area contributed by atoms with E-state index in [1.54, 1.807) is 18.3 Å². The largest absolute Gasteiger partial charge is 0.376 e. The van der Waals surface area contributed by atoms with Crippen LogP contribution in [0.25, 0.3) is 22.2 Å². The van der Waals surface area contributed by atoms with Gasteiger partial charge in [0.1, 0.15) is 5.82 Å². The smallest absolute Gasteiger partial charge is 0.263 e. The van der Waals surface area contributed by atoms with E-state index in [1.165, 1.54) is 4.57 Å². The van der Waals surface area contributed by atoms with Crippen molar-refractivity contribution in [2.75, 3.05) is 5.32 Å². The molecule has 0 unspecified atom stereocenters. The lowest BCUT2D eigenvalue weighted by molar-refractivity contribution is 0.0964. The number of nitrogens with zero attached hydrogens (tertiary/aromatic N) is 2. The molecule has 0 bridgehead atoms. The Morgan fingerprint density at radius 3 is 2.36 bits per heavy atom. The van der Waals surface area contributed by atoms with Gasteiger partial charge in [0, 0.05) is 17.3 Å². The number of rotatable bonds is 3. The molecule has 4 rings (SSSR count). The summed E-state index contributed by atoms with van der Waals surface area (Å²) in [5.74, 6) is 0.295. The summed E-state index contributed by atoms with van der Waals surface area (Å²) in [5, 5.41) is 3.67. The van der Waals surface area contributed by atoms with Gasteiger partial charge < -0.3 is 16.0 Å². The van der Waals surface area contributed by atoms with Gasteiger partial charge in [-0.15, -0.1) is 0 Å². The minimum atomic E-state index is -0.206. The summed E-state index contributed by atoms with van der Waals surface area (Å²) in [6, 6.07) is 18.7. The van der Waals surface area contributed by atoms with Gasteiger partial charge in [-0.25, -0.2) is 4.98 Å². The molecule has 0 spiro atoms. The van der Waals surface area contributed by atoms with Crippen molar-refractivity contribution in [3.63, 3.8) is 0 Å². The molecule has 4 aromatic rings. The van der Waals surface area contributed by atoms with Crippen LogP contribution in [0.2, 0.25) is 0 Å². The van der Waals surface area contributed by atoms with Crippen LogP contribution in [0.1, 0.15) is 10.4 Å². The Labute approximate surface area is 171 Å². The number of H-pyrrole nitrogens is 1. The number of anilines is 1. The van der Waals surface area contributed by atoms with Crippen molar-refractivity contribution < 1.29 is 4.79 Å². The van der Waals surface area contributed by atoms with Gasteiger partial charge >= 0.3 is 0 Å². The monoisotopic (exact) mass is 405 g/mol. The van der Waals surface area contributed by atoms with Gasteiger partial charge in [-0.2, -0.15) is 0 Å². The second-order valence-corrected chi connectivity index (χ2v) is 6.88. The Kier molecular flexibility index (Phi) is 4.72. The molecule has 2 aromatic heterocycles. The number of aromatic nitrogens is 3. The molecule has 2 heterocycles. The molecule has 6 nitrogen and oxygen atoms in total. The minimum Gasteiger partial charge on any atom is -0.376 e. The van der Waals surface area contributed by atoms with Crippen molar-refractivity contribution in [3.8, 4) is 11.1 Å². The van der Waals surface area contributed by atoms with Crippen LogP contribution < -0.4 is 11.1 Å². The topological polar surface area (TPSA) is 88.7 Å². The van der Waals surface area contributed by atoms with Gasteiger partial charge in [-0.05, 0) is 42.1 Å². The third-order valence-electron chi connectivity index (χ3n) is 4.24. The lowest BCUT2D eigenvalue weighted by atomic mass is 10.1. The summed E-state index contributed by atoms with van der Waals surface area (Å²) < 4.78 is 1.72. The number of nitrogens with two attached hydrogens (primary N) is 1. The zero-order valence-electron chi connectivity index (χ0n) is 14.5. The molecule has 2 aromatic carbocycles. The highest BCUT2D eigenvalue weighted by Gasteiger charge is 2.20. The highest BCUT2D eigenvalue weighted by Crippen LogP contribution is 2.34. The lowest BCUT2D eigenvalue weighted by Gasteiger charge is -2.08. The molecule has 0 radical (unpaired) electrons. The van der Waals surface area contributed by atoms with Crippen LogP contribution in [0.4, 0.5) is 5.82 Å². The van der Waals surface area contributed by atoms with Crippen LogP contribution >= 0.6 is 24.4 Å². The van der Waals surface area contributed by atoms with Crippen LogP contribution in [0, 0.1) is 4.77 Å².